The van der Waals surface area contributed by atoms with Crippen LogP contribution >= 0.6 is 0 Å². The largest absolute Gasteiger partial charge is 0.461 e. The lowest BCUT2D eigenvalue weighted by Gasteiger charge is -2.32. The third-order valence-electron chi connectivity index (χ3n) is 2.23. The lowest BCUT2D eigenvalue weighted by atomic mass is 9.91. The van der Waals surface area contributed by atoms with E-state index in [-0.39, 0.29) is 30.2 Å². The highest BCUT2D eigenvalue weighted by atomic mass is 19.4. The first-order valence-electron chi connectivity index (χ1n) is 5.10. The molecule has 104 valence electrons. The molecule has 18 heavy (non-hydrogen) atoms. The van der Waals surface area contributed by atoms with Gasteiger partial charge < -0.3 is 10.5 Å². The molecule has 0 aromatic rings. The van der Waals surface area contributed by atoms with E-state index in [0.29, 0.717) is 0 Å². The highest BCUT2D eigenvalue weighted by Gasteiger charge is 2.40. The number of alkyl halides is 3. The van der Waals surface area contributed by atoms with E-state index in [4.69, 9.17) is 15.3 Å². The van der Waals surface area contributed by atoms with Crippen molar-refractivity contribution in [1.82, 2.24) is 0 Å². The number of hydrogen-bond donors (Lipinski definition) is 1. The maximum atomic E-state index is 11.1. The van der Waals surface area contributed by atoms with Crippen molar-refractivity contribution in [2.75, 3.05) is 0 Å². The number of carbonyl (C=O) groups is 3. The highest BCUT2D eigenvalue weighted by molar-refractivity contribution is 5.89. The second-order valence-corrected chi connectivity index (χ2v) is 3.87. The zero-order valence-electron chi connectivity index (χ0n) is 9.86. The molecule has 0 bridgehead atoms. The number of ether oxygens (including phenoxy) is 1. The second kappa shape index (κ2) is 6.48. The molecule has 1 saturated heterocycles. The molecule has 0 aromatic heterocycles. The average Bonchev–Trinajstić information content (AvgIpc) is 2.25. The van der Waals surface area contributed by atoms with E-state index in [1.54, 1.807) is 13.8 Å². The van der Waals surface area contributed by atoms with Crippen LogP contribution in [0.4, 0.5) is 13.2 Å². The van der Waals surface area contributed by atoms with Gasteiger partial charge >= 0.3 is 12.1 Å². The Morgan fingerprint density at radius 1 is 1.56 bits per heavy atom. The predicted octanol–water partition coefficient (Wildman–Crippen LogP) is 0.602. The summed E-state index contributed by atoms with van der Waals surface area (Å²) in [6.45, 7) is 3.40. The summed E-state index contributed by atoms with van der Waals surface area (Å²) in [6, 6.07) is -0.481. The van der Waals surface area contributed by atoms with Gasteiger partial charge in [0, 0.05) is 6.42 Å². The molecule has 1 heterocycles. The Labute approximate surface area is 101 Å². The van der Waals surface area contributed by atoms with Crippen molar-refractivity contribution in [2.24, 2.45) is 11.7 Å². The fraction of sp³-hybridized carbons (Fsp3) is 0.700. The summed E-state index contributed by atoms with van der Waals surface area (Å²) in [6.07, 6.45) is -5.61. The molecule has 1 aliphatic heterocycles. The molecule has 0 spiro atoms. The summed E-state index contributed by atoms with van der Waals surface area (Å²) in [5, 5.41) is 0. The molecule has 0 radical (unpaired) electrons. The topological polar surface area (TPSA) is 86.5 Å². The fourth-order valence-electron chi connectivity index (χ4n) is 1.12. The molecule has 1 aliphatic rings. The Kier molecular flexibility index (Phi) is 5.96. The Morgan fingerprint density at radius 3 is 2.22 bits per heavy atom. The van der Waals surface area contributed by atoms with E-state index in [2.05, 4.69) is 0 Å². The maximum Gasteiger partial charge on any atom is 0.446 e. The van der Waals surface area contributed by atoms with Gasteiger partial charge in [0.15, 0.2) is 0 Å². The van der Waals surface area contributed by atoms with Crippen LogP contribution in [0.2, 0.25) is 0 Å². The Bertz CT molecular complexity index is 328. The third kappa shape index (κ3) is 5.76. The number of cyclic esters (lactones) is 1. The lowest BCUT2D eigenvalue weighted by Crippen LogP contribution is -2.45. The Morgan fingerprint density at radius 2 is 2.00 bits per heavy atom. The lowest BCUT2D eigenvalue weighted by molar-refractivity contribution is -0.183. The van der Waals surface area contributed by atoms with Gasteiger partial charge in [0.05, 0.1) is 6.04 Å². The molecule has 3 atom stereocenters. The SMILES string of the molecule is C[C@@H](N)C(=O)C[C@@H]1C(=O)O[C@@H]1C.O=CC(F)(F)F. The van der Waals surface area contributed by atoms with E-state index in [1.165, 1.54) is 0 Å². The number of nitrogens with two attached hydrogens (primary N) is 1. The normalized spacial score (nSPS) is 24.0. The van der Waals surface area contributed by atoms with Gasteiger partial charge in [-0.3, -0.25) is 14.4 Å². The summed E-state index contributed by atoms with van der Waals surface area (Å²) < 4.78 is 36.0. The summed E-state index contributed by atoms with van der Waals surface area (Å²) in [4.78, 5) is 30.6. The molecule has 0 saturated carbocycles. The summed E-state index contributed by atoms with van der Waals surface area (Å²) >= 11 is 0. The predicted molar refractivity (Wildman–Crippen MR) is 54.4 cm³/mol. The fourth-order valence-corrected chi connectivity index (χ4v) is 1.12. The van der Waals surface area contributed by atoms with Crippen LogP contribution in [-0.4, -0.2) is 36.4 Å². The molecular formula is C10H14F3NO4. The van der Waals surface area contributed by atoms with Gasteiger partial charge in [-0.15, -0.1) is 0 Å². The van der Waals surface area contributed by atoms with E-state index >= 15 is 0 Å². The van der Waals surface area contributed by atoms with Crippen molar-refractivity contribution >= 4 is 18.0 Å². The minimum atomic E-state index is -4.64. The second-order valence-electron chi connectivity index (χ2n) is 3.87. The average molecular weight is 269 g/mol. The molecule has 5 nitrogen and oxygen atoms in total. The molecule has 2 N–H and O–H groups in total. The van der Waals surface area contributed by atoms with Crippen LogP contribution in [0.5, 0.6) is 0 Å². The standard InChI is InChI=1S/C8H13NO3.C2HF3O/c1-4(9)7(10)3-6-5(2)12-8(6)11;3-2(4,5)1-6/h4-6H,3,9H2,1-2H3;1H/t4-,5-,6+;/m1./s1. The first-order chi connectivity index (χ1) is 8.08. The van der Waals surface area contributed by atoms with Gasteiger partial charge in [-0.2, -0.15) is 13.2 Å². The summed E-state index contributed by atoms with van der Waals surface area (Å²) in [5.41, 5.74) is 5.35. The minimum Gasteiger partial charge on any atom is -0.461 e. The van der Waals surface area contributed by atoms with E-state index in [1.807, 2.05) is 0 Å². The smallest absolute Gasteiger partial charge is 0.446 e. The number of esters is 1. The van der Waals surface area contributed by atoms with Crippen LogP contribution < -0.4 is 5.73 Å². The number of halogens is 3. The quantitative estimate of drug-likeness (QED) is 0.599. The Balaban J connectivity index is 0.000000411. The maximum absolute atomic E-state index is 11.1. The Hall–Kier alpha value is -1.44. The van der Waals surface area contributed by atoms with Crippen molar-refractivity contribution in [2.45, 2.75) is 38.6 Å². The van der Waals surface area contributed by atoms with Gasteiger partial charge in [-0.1, -0.05) is 0 Å². The molecular weight excluding hydrogens is 255 g/mol. The van der Waals surface area contributed by atoms with Crippen LogP contribution in [0.15, 0.2) is 0 Å². The first kappa shape index (κ1) is 16.6. The number of rotatable bonds is 3. The number of hydrogen-bond acceptors (Lipinski definition) is 5. The van der Waals surface area contributed by atoms with Crippen molar-refractivity contribution in [3.8, 4) is 0 Å². The summed E-state index contributed by atoms with van der Waals surface area (Å²) in [7, 11) is 0. The molecule has 0 aliphatic carbocycles. The molecule has 1 rings (SSSR count). The molecule has 0 aromatic carbocycles. The zero-order valence-corrected chi connectivity index (χ0v) is 9.86. The van der Waals surface area contributed by atoms with Crippen LogP contribution in [0, 0.1) is 5.92 Å². The van der Waals surface area contributed by atoms with Gasteiger partial charge in [-0.25, -0.2) is 0 Å². The van der Waals surface area contributed by atoms with Gasteiger partial charge in [-0.05, 0) is 13.8 Å². The van der Waals surface area contributed by atoms with Crippen molar-refractivity contribution < 1.29 is 32.3 Å². The molecule has 1 fully saturated rings. The monoisotopic (exact) mass is 269 g/mol. The number of ketones is 1. The minimum absolute atomic E-state index is 0.0801. The summed E-state index contributed by atoms with van der Waals surface area (Å²) in [5.74, 6) is -0.622. The molecule has 8 heteroatoms. The van der Waals surface area contributed by atoms with Crippen molar-refractivity contribution in [3.63, 3.8) is 0 Å². The third-order valence-corrected chi connectivity index (χ3v) is 2.23. The number of carbonyl (C=O) groups excluding carboxylic acids is 3. The highest BCUT2D eigenvalue weighted by Crippen LogP contribution is 2.25. The molecule has 0 unspecified atom stereocenters. The first-order valence-corrected chi connectivity index (χ1v) is 5.10. The van der Waals surface area contributed by atoms with Crippen molar-refractivity contribution in [3.05, 3.63) is 0 Å². The van der Waals surface area contributed by atoms with E-state index in [0.717, 1.165) is 0 Å². The van der Waals surface area contributed by atoms with Crippen LogP contribution in [-0.2, 0) is 19.1 Å². The van der Waals surface area contributed by atoms with Crippen LogP contribution in [0.3, 0.4) is 0 Å². The van der Waals surface area contributed by atoms with Gasteiger partial charge in [0.25, 0.3) is 0 Å². The molecule has 0 amide bonds. The van der Waals surface area contributed by atoms with E-state index in [9.17, 15) is 22.8 Å². The van der Waals surface area contributed by atoms with Crippen LogP contribution in [0.25, 0.3) is 0 Å². The van der Waals surface area contributed by atoms with Crippen molar-refractivity contribution in [1.29, 1.82) is 0 Å². The number of Topliss-reactive ketones (excluding diaryl/α,β-unsaturated/α-hetero) is 1. The zero-order chi connectivity index (χ0) is 14.5. The van der Waals surface area contributed by atoms with Gasteiger partial charge in [0.2, 0.25) is 6.29 Å². The van der Waals surface area contributed by atoms with Gasteiger partial charge in [0.1, 0.15) is 17.8 Å². The van der Waals surface area contributed by atoms with Crippen LogP contribution in [0.1, 0.15) is 20.3 Å². The van der Waals surface area contributed by atoms with E-state index < -0.39 is 18.5 Å². The number of aldehydes is 1.